The molecule has 2 N–H and O–H groups in total. The van der Waals surface area contributed by atoms with Crippen molar-refractivity contribution in [1.82, 2.24) is 0 Å². The number of carbonyl (C=O) groups excluding carboxylic acids is 2. The smallest absolute Gasteiger partial charge is 0.462 e. The Morgan fingerprint density at radius 3 is 1.43 bits per heavy atom. The molecule has 0 aromatic rings. The molecule has 1 atom stereocenters. The van der Waals surface area contributed by atoms with Crippen LogP contribution in [0.25, 0.3) is 0 Å². The number of unbranched alkanes of at least 4 members (excludes halogenated alkanes) is 11. The van der Waals surface area contributed by atoms with E-state index in [2.05, 4.69) is 79.1 Å². The lowest BCUT2D eigenvalue weighted by Gasteiger charge is -2.18. The zero-order valence-electron chi connectivity index (χ0n) is 30.6. The molecule has 0 aromatic heterocycles. The van der Waals surface area contributed by atoms with Gasteiger partial charge in [0.05, 0.1) is 6.61 Å². The van der Waals surface area contributed by atoms with E-state index in [1.165, 1.54) is 57.8 Å². The number of phosphoric acid groups is 1. The van der Waals surface area contributed by atoms with Crippen molar-refractivity contribution in [2.75, 3.05) is 13.2 Å². The van der Waals surface area contributed by atoms with Crippen LogP contribution in [-0.4, -0.2) is 41.0 Å². The van der Waals surface area contributed by atoms with Crippen molar-refractivity contribution < 1.29 is 37.9 Å². The highest BCUT2D eigenvalue weighted by Gasteiger charge is 2.22. The Hall–Kier alpha value is -2.51. The fraction of sp³-hybridized carbons (Fsp3) is 0.650. The molecule has 0 aliphatic rings. The van der Waals surface area contributed by atoms with Crippen LogP contribution >= 0.6 is 7.82 Å². The molecular weight excluding hydrogens is 639 g/mol. The largest absolute Gasteiger partial charge is 0.469 e. The molecule has 0 saturated heterocycles. The van der Waals surface area contributed by atoms with Crippen LogP contribution in [0.5, 0.6) is 0 Å². The summed E-state index contributed by atoms with van der Waals surface area (Å²) < 4.78 is 26.2. The Bertz CT molecular complexity index is 1020. The van der Waals surface area contributed by atoms with Crippen molar-refractivity contribution in [2.45, 2.75) is 155 Å². The van der Waals surface area contributed by atoms with Gasteiger partial charge < -0.3 is 19.3 Å². The van der Waals surface area contributed by atoms with E-state index in [-0.39, 0.29) is 19.4 Å². The molecular formula is C40H67O8P. The van der Waals surface area contributed by atoms with Gasteiger partial charge in [0.2, 0.25) is 0 Å². The first-order valence-electron chi connectivity index (χ1n) is 18.7. The quantitative estimate of drug-likeness (QED) is 0.0299. The number of hydrogen-bond acceptors (Lipinski definition) is 6. The Kier molecular flexibility index (Phi) is 33.5. The van der Waals surface area contributed by atoms with E-state index in [9.17, 15) is 14.2 Å². The van der Waals surface area contributed by atoms with Gasteiger partial charge in [-0.3, -0.25) is 14.1 Å². The van der Waals surface area contributed by atoms with Gasteiger partial charge >= 0.3 is 19.8 Å². The maximum absolute atomic E-state index is 12.3. The SMILES string of the molecule is CC/C=C\C/C=C\C/C=C\C/C=C\C/C=C\C/C=C\CCC(=O)OC(COC(=O)CCCCCCCCCCCCCC)COP(=O)(O)O. The van der Waals surface area contributed by atoms with Gasteiger partial charge in [-0.1, -0.05) is 157 Å². The molecule has 49 heavy (non-hydrogen) atoms. The minimum atomic E-state index is -4.77. The predicted molar refractivity (Wildman–Crippen MR) is 202 cm³/mol. The second-order valence-corrected chi connectivity index (χ2v) is 13.4. The number of ether oxygens (including phenoxy) is 2. The molecule has 0 bridgehead atoms. The normalized spacial score (nSPS) is 13.3. The molecule has 0 heterocycles. The molecule has 0 aliphatic heterocycles. The van der Waals surface area contributed by atoms with Gasteiger partial charge in [-0.15, -0.1) is 0 Å². The Balaban J connectivity index is 4.13. The lowest BCUT2D eigenvalue weighted by molar-refractivity contribution is -0.161. The molecule has 0 fully saturated rings. The van der Waals surface area contributed by atoms with Gasteiger partial charge in [0.1, 0.15) is 6.61 Å². The average molecular weight is 707 g/mol. The van der Waals surface area contributed by atoms with Crippen LogP contribution in [0.4, 0.5) is 0 Å². The second-order valence-electron chi connectivity index (χ2n) is 12.2. The van der Waals surface area contributed by atoms with Crippen LogP contribution in [0.1, 0.15) is 149 Å². The second kappa shape index (κ2) is 35.3. The number of hydrogen-bond donors (Lipinski definition) is 2. The predicted octanol–water partition coefficient (Wildman–Crippen LogP) is 11.1. The first-order valence-corrected chi connectivity index (χ1v) is 20.3. The van der Waals surface area contributed by atoms with Crippen molar-refractivity contribution in [3.05, 3.63) is 72.9 Å². The summed E-state index contributed by atoms with van der Waals surface area (Å²) in [5.41, 5.74) is 0. The highest BCUT2D eigenvalue weighted by Crippen LogP contribution is 2.35. The maximum Gasteiger partial charge on any atom is 0.469 e. The van der Waals surface area contributed by atoms with Crippen molar-refractivity contribution in [1.29, 1.82) is 0 Å². The van der Waals surface area contributed by atoms with E-state index in [1.54, 1.807) is 0 Å². The number of allylic oxidation sites excluding steroid dienone is 12. The standard InChI is InChI=1S/C40H67O8P/c1-3-5-7-9-11-13-15-17-18-19-20-21-22-23-25-27-29-31-33-35-40(42)48-38(37-47-49(43,44)45)36-46-39(41)34-32-30-28-26-24-16-14-12-10-8-6-4-2/h5,7,11,13,17-18,20-21,23,25,29,31,38H,3-4,6,8-10,12,14-16,19,22,24,26-28,30,32-37H2,1-2H3,(H2,43,44,45)/b7-5-,13-11-,18-17-,21-20-,25-23-,31-29-. The molecule has 0 spiro atoms. The summed E-state index contributed by atoms with van der Waals surface area (Å²) in [5, 5.41) is 0. The van der Waals surface area contributed by atoms with Crippen molar-refractivity contribution >= 4 is 19.8 Å². The molecule has 0 rings (SSSR count). The lowest BCUT2D eigenvalue weighted by Crippen LogP contribution is -2.29. The Labute approximate surface area is 298 Å². The number of rotatable bonds is 33. The molecule has 0 saturated carbocycles. The highest BCUT2D eigenvalue weighted by molar-refractivity contribution is 7.46. The molecule has 0 amide bonds. The lowest BCUT2D eigenvalue weighted by atomic mass is 10.0. The number of esters is 2. The Morgan fingerprint density at radius 2 is 0.980 bits per heavy atom. The maximum atomic E-state index is 12.3. The van der Waals surface area contributed by atoms with Crippen molar-refractivity contribution in [2.24, 2.45) is 0 Å². The van der Waals surface area contributed by atoms with Crippen LogP contribution in [0.2, 0.25) is 0 Å². The van der Waals surface area contributed by atoms with Gasteiger partial charge in [0.25, 0.3) is 0 Å². The zero-order valence-corrected chi connectivity index (χ0v) is 31.5. The molecule has 0 aliphatic carbocycles. The third-order valence-electron chi connectivity index (χ3n) is 7.50. The van der Waals surface area contributed by atoms with E-state index >= 15 is 0 Å². The molecule has 8 nitrogen and oxygen atoms in total. The van der Waals surface area contributed by atoms with Crippen LogP contribution < -0.4 is 0 Å². The van der Waals surface area contributed by atoms with E-state index in [0.29, 0.717) is 12.8 Å². The monoisotopic (exact) mass is 706 g/mol. The van der Waals surface area contributed by atoms with E-state index in [0.717, 1.165) is 51.4 Å². The molecule has 9 heteroatoms. The molecule has 280 valence electrons. The van der Waals surface area contributed by atoms with E-state index < -0.39 is 32.5 Å². The highest BCUT2D eigenvalue weighted by atomic mass is 31.2. The third-order valence-corrected chi connectivity index (χ3v) is 7.99. The van der Waals surface area contributed by atoms with Gasteiger partial charge in [0, 0.05) is 12.8 Å². The summed E-state index contributed by atoms with van der Waals surface area (Å²) in [4.78, 5) is 42.6. The molecule has 0 aromatic carbocycles. The minimum Gasteiger partial charge on any atom is -0.462 e. The first-order chi connectivity index (χ1) is 23.8. The number of carbonyl (C=O) groups is 2. The van der Waals surface area contributed by atoms with E-state index in [1.807, 2.05) is 12.2 Å². The minimum absolute atomic E-state index is 0.0847. The average Bonchev–Trinajstić information content (AvgIpc) is 3.07. The first kappa shape index (κ1) is 46.5. The Morgan fingerprint density at radius 1 is 0.551 bits per heavy atom. The van der Waals surface area contributed by atoms with Gasteiger partial charge in [-0.25, -0.2) is 4.57 Å². The van der Waals surface area contributed by atoms with Gasteiger partial charge in [-0.2, -0.15) is 0 Å². The van der Waals surface area contributed by atoms with Gasteiger partial charge in [-0.05, 0) is 51.4 Å². The fourth-order valence-electron chi connectivity index (χ4n) is 4.75. The fourth-order valence-corrected chi connectivity index (χ4v) is 5.11. The van der Waals surface area contributed by atoms with E-state index in [4.69, 9.17) is 19.3 Å². The molecule has 0 radical (unpaired) electrons. The topological polar surface area (TPSA) is 119 Å². The summed E-state index contributed by atoms with van der Waals surface area (Å²) in [6, 6.07) is 0. The zero-order chi connectivity index (χ0) is 36.1. The van der Waals surface area contributed by atoms with Crippen molar-refractivity contribution in [3.63, 3.8) is 0 Å². The third kappa shape index (κ3) is 38.1. The van der Waals surface area contributed by atoms with Gasteiger partial charge in [0.15, 0.2) is 6.10 Å². The van der Waals surface area contributed by atoms with Crippen LogP contribution in [0.3, 0.4) is 0 Å². The summed E-state index contributed by atoms with van der Waals surface area (Å²) in [7, 11) is -4.77. The summed E-state index contributed by atoms with van der Waals surface area (Å²) in [5.74, 6) is -0.988. The van der Waals surface area contributed by atoms with Crippen molar-refractivity contribution in [3.8, 4) is 0 Å². The van der Waals surface area contributed by atoms with Crippen LogP contribution in [0, 0.1) is 0 Å². The summed E-state index contributed by atoms with van der Waals surface area (Å²) in [6.45, 7) is 3.48. The summed E-state index contributed by atoms with van der Waals surface area (Å²) >= 11 is 0. The van der Waals surface area contributed by atoms with Crippen LogP contribution in [-0.2, 0) is 28.2 Å². The number of phosphoric ester groups is 1. The molecule has 1 unspecified atom stereocenters. The summed E-state index contributed by atoms with van der Waals surface area (Å²) in [6.07, 6.45) is 44.9. The van der Waals surface area contributed by atoms with Crippen LogP contribution in [0.15, 0.2) is 72.9 Å².